The summed E-state index contributed by atoms with van der Waals surface area (Å²) in [6, 6.07) is 10.3. The van der Waals surface area contributed by atoms with Crippen LogP contribution in [0.3, 0.4) is 0 Å². The first-order valence-electron chi connectivity index (χ1n) is 12.7. The Morgan fingerprint density at radius 3 is 2.57 bits per heavy atom. The lowest BCUT2D eigenvalue weighted by molar-refractivity contribution is -0.191. The van der Waals surface area contributed by atoms with E-state index >= 15 is 0 Å². The number of fused-ring (bicyclic) bond motifs is 1. The molecule has 5 rings (SSSR count). The Morgan fingerprint density at radius 2 is 1.95 bits per heavy atom. The van der Waals surface area contributed by atoms with E-state index in [-0.39, 0.29) is 34.6 Å². The van der Waals surface area contributed by atoms with E-state index in [0.717, 1.165) is 36.1 Å². The van der Waals surface area contributed by atoms with Gasteiger partial charge in [0.2, 0.25) is 0 Å². The number of esters is 1. The SMILES string of the molecule is COC(=O)[C@]1(C)[C@H](OC(N)=O)CC[C@@]2(C)[C@H](/C=C/c3ccc(-c4cccc(F)c4)cn3)[C@@]3(CC[C@@H]21)CO3. The van der Waals surface area contributed by atoms with Gasteiger partial charge in [0.15, 0.2) is 0 Å². The Morgan fingerprint density at radius 1 is 1.16 bits per heavy atom. The van der Waals surface area contributed by atoms with Gasteiger partial charge >= 0.3 is 12.1 Å². The van der Waals surface area contributed by atoms with Crippen LogP contribution in [0, 0.1) is 28.5 Å². The summed E-state index contributed by atoms with van der Waals surface area (Å²) in [6.45, 7) is 4.72. The maximum atomic E-state index is 13.6. The Hall–Kier alpha value is -3.26. The molecule has 196 valence electrons. The monoisotopic (exact) mass is 508 g/mol. The van der Waals surface area contributed by atoms with E-state index in [1.54, 1.807) is 12.3 Å². The number of pyridine rings is 1. The molecule has 1 spiro atoms. The first-order valence-corrected chi connectivity index (χ1v) is 12.7. The summed E-state index contributed by atoms with van der Waals surface area (Å²) in [5, 5.41) is 0. The molecule has 2 heterocycles. The average molecular weight is 509 g/mol. The molecule has 8 heteroatoms. The van der Waals surface area contributed by atoms with Crippen molar-refractivity contribution in [1.82, 2.24) is 4.98 Å². The number of hydrogen-bond acceptors (Lipinski definition) is 6. The zero-order chi connectivity index (χ0) is 26.4. The number of benzene rings is 1. The van der Waals surface area contributed by atoms with Crippen LogP contribution in [0.4, 0.5) is 9.18 Å². The number of epoxide rings is 1. The van der Waals surface area contributed by atoms with Crippen LogP contribution in [0.15, 0.2) is 48.7 Å². The molecule has 2 saturated carbocycles. The summed E-state index contributed by atoms with van der Waals surface area (Å²) in [4.78, 5) is 29.4. The van der Waals surface area contributed by atoms with E-state index in [9.17, 15) is 14.0 Å². The molecule has 3 aliphatic rings. The highest BCUT2D eigenvalue weighted by atomic mass is 19.1. The minimum absolute atomic E-state index is 0.0296. The minimum Gasteiger partial charge on any atom is -0.468 e. The number of aromatic nitrogens is 1. The van der Waals surface area contributed by atoms with Crippen LogP contribution >= 0.6 is 0 Å². The van der Waals surface area contributed by atoms with Crippen LogP contribution in [-0.2, 0) is 19.0 Å². The van der Waals surface area contributed by atoms with Gasteiger partial charge in [-0.3, -0.25) is 9.78 Å². The highest BCUT2D eigenvalue weighted by Crippen LogP contribution is 2.66. The zero-order valence-electron chi connectivity index (χ0n) is 21.4. The highest BCUT2D eigenvalue weighted by Gasteiger charge is 2.69. The van der Waals surface area contributed by atoms with Crippen LogP contribution in [0.5, 0.6) is 0 Å². The second kappa shape index (κ2) is 9.24. The van der Waals surface area contributed by atoms with Crippen molar-refractivity contribution in [3.63, 3.8) is 0 Å². The fourth-order valence-corrected chi connectivity index (χ4v) is 7.14. The molecular weight excluding hydrogens is 475 g/mol. The summed E-state index contributed by atoms with van der Waals surface area (Å²) < 4.78 is 30.4. The maximum absolute atomic E-state index is 13.6. The summed E-state index contributed by atoms with van der Waals surface area (Å²) in [5.74, 6) is -0.744. The number of nitrogens with two attached hydrogens (primary N) is 1. The second-order valence-corrected chi connectivity index (χ2v) is 11.0. The number of nitrogens with zero attached hydrogens (tertiary/aromatic N) is 1. The molecule has 2 aliphatic carbocycles. The standard InChI is InChI=1S/C29H33FN2O5/c1-27-13-12-24(37-26(31)34)28(2,25(33)35-3)22(27)11-14-29(17-36-29)23(27)10-9-21-8-7-19(16-32-21)18-5-4-6-20(30)15-18/h4-10,15-16,22-24H,11-14,17H2,1-3H3,(H2,31,34)/b10-9+/t22-,23-,24+,27+,28-,29+/m0/s1. The van der Waals surface area contributed by atoms with Crippen LogP contribution in [-0.4, -0.2) is 42.5 Å². The molecule has 0 bridgehead atoms. The zero-order valence-corrected chi connectivity index (χ0v) is 21.4. The van der Waals surface area contributed by atoms with E-state index in [0.29, 0.717) is 13.0 Å². The third-order valence-corrected chi connectivity index (χ3v) is 9.07. The maximum Gasteiger partial charge on any atom is 0.404 e. The number of hydrogen-bond donors (Lipinski definition) is 1. The number of carbonyl (C=O) groups is 2. The largest absolute Gasteiger partial charge is 0.468 e. The Labute approximate surface area is 216 Å². The lowest BCUT2D eigenvalue weighted by Crippen LogP contribution is -2.62. The molecule has 1 amide bonds. The molecule has 7 nitrogen and oxygen atoms in total. The van der Waals surface area contributed by atoms with Crippen molar-refractivity contribution < 1.29 is 28.2 Å². The first kappa shape index (κ1) is 25.4. The predicted molar refractivity (Wildman–Crippen MR) is 135 cm³/mol. The van der Waals surface area contributed by atoms with Crippen molar-refractivity contribution in [1.29, 1.82) is 0 Å². The number of ether oxygens (including phenoxy) is 3. The van der Waals surface area contributed by atoms with Crippen LogP contribution < -0.4 is 5.73 Å². The molecule has 2 aromatic rings. The van der Waals surface area contributed by atoms with Gasteiger partial charge in [0.25, 0.3) is 0 Å². The molecule has 0 unspecified atom stereocenters. The van der Waals surface area contributed by atoms with E-state index in [2.05, 4.69) is 18.0 Å². The normalized spacial score (nSPS) is 34.6. The van der Waals surface area contributed by atoms with Crippen molar-refractivity contribution in [3.8, 4) is 11.1 Å². The third-order valence-electron chi connectivity index (χ3n) is 9.07. The Kier molecular flexibility index (Phi) is 6.34. The molecular formula is C29H33FN2O5. The summed E-state index contributed by atoms with van der Waals surface area (Å²) >= 11 is 0. The van der Waals surface area contributed by atoms with Gasteiger partial charge in [-0.2, -0.15) is 0 Å². The van der Waals surface area contributed by atoms with Crippen molar-refractivity contribution in [2.45, 2.75) is 51.2 Å². The van der Waals surface area contributed by atoms with E-state index in [4.69, 9.17) is 19.9 Å². The van der Waals surface area contributed by atoms with Crippen molar-refractivity contribution in [3.05, 3.63) is 60.2 Å². The minimum atomic E-state index is -1.02. The Balaban J connectivity index is 1.45. The average Bonchev–Trinajstić information content (AvgIpc) is 3.65. The highest BCUT2D eigenvalue weighted by molar-refractivity contribution is 5.79. The molecule has 1 aliphatic heterocycles. The van der Waals surface area contributed by atoms with E-state index < -0.39 is 17.6 Å². The van der Waals surface area contributed by atoms with Gasteiger partial charge in [0, 0.05) is 17.7 Å². The number of primary amides is 1. The van der Waals surface area contributed by atoms with Gasteiger partial charge in [0.1, 0.15) is 17.3 Å². The number of rotatable bonds is 5. The molecule has 1 aromatic carbocycles. The number of carbonyl (C=O) groups excluding carboxylic acids is 2. The summed E-state index contributed by atoms with van der Waals surface area (Å²) in [6.07, 6.45) is 7.17. The van der Waals surface area contributed by atoms with Crippen molar-refractivity contribution >= 4 is 18.1 Å². The topological polar surface area (TPSA) is 104 Å². The summed E-state index contributed by atoms with van der Waals surface area (Å²) in [5.41, 5.74) is 6.17. The van der Waals surface area contributed by atoms with E-state index in [1.807, 2.05) is 31.2 Å². The number of methoxy groups -OCH3 is 1. The lowest BCUT2D eigenvalue weighted by Gasteiger charge is -2.59. The van der Waals surface area contributed by atoms with Crippen molar-refractivity contribution in [2.75, 3.05) is 13.7 Å². The lowest BCUT2D eigenvalue weighted by atomic mass is 9.45. The molecule has 1 aromatic heterocycles. The molecule has 0 radical (unpaired) electrons. The third kappa shape index (κ3) is 4.31. The number of amides is 1. The van der Waals surface area contributed by atoms with Gasteiger partial charge in [-0.25, -0.2) is 9.18 Å². The van der Waals surface area contributed by atoms with Crippen LogP contribution in [0.1, 0.15) is 45.2 Å². The van der Waals surface area contributed by atoms with Gasteiger partial charge in [0.05, 0.1) is 25.0 Å². The fraction of sp³-hybridized carbons (Fsp3) is 0.483. The molecule has 2 N–H and O–H groups in total. The molecule has 37 heavy (non-hydrogen) atoms. The fourth-order valence-electron chi connectivity index (χ4n) is 7.14. The smallest absolute Gasteiger partial charge is 0.404 e. The molecule has 6 atom stereocenters. The van der Waals surface area contributed by atoms with Crippen LogP contribution in [0.2, 0.25) is 0 Å². The molecule has 3 fully saturated rings. The van der Waals surface area contributed by atoms with Gasteiger partial charge in [-0.15, -0.1) is 0 Å². The van der Waals surface area contributed by atoms with Gasteiger partial charge in [-0.05, 0) is 73.8 Å². The van der Waals surface area contributed by atoms with E-state index in [1.165, 1.54) is 19.2 Å². The van der Waals surface area contributed by atoms with Gasteiger partial charge in [-0.1, -0.05) is 31.2 Å². The van der Waals surface area contributed by atoms with Crippen LogP contribution in [0.25, 0.3) is 17.2 Å². The first-order chi connectivity index (χ1) is 17.6. The Bertz CT molecular complexity index is 1230. The second-order valence-electron chi connectivity index (χ2n) is 11.0. The molecule has 1 saturated heterocycles. The predicted octanol–water partition coefficient (Wildman–Crippen LogP) is 5.14. The quantitative estimate of drug-likeness (QED) is 0.443. The van der Waals surface area contributed by atoms with Gasteiger partial charge < -0.3 is 19.9 Å². The number of halogens is 1. The van der Waals surface area contributed by atoms with Crippen molar-refractivity contribution in [2.24, 2.45) is 28.4 Å². The summed E-state index contributed by atoms with van der Waals surface area (Å²) in [7, 11) is 1.37.